The molecule has 3 aliphatic rings. The number of halogens is 1. The van der Waals surface area contributed by atoms with Crippen molar-refractivity contribution >= 4 is 23.5 Å². The lowest BCUT2D eigenvalue weighted by molar-refractivity contribution is -0.141. The summed E-state index contributed by atoms with van der Waals surface area (Å²) in [7, 11) is 1.32. The smallest absolute Gasteiger partial charge is 0.336 e. The largest absolute Gasteiger partial charge is 0.466 e. The highest BCUT2D eigenvalue weighted by atomic mass is 35.5. The fraction of sp³-hybridized carbons (Fsp3) is 0.571. The fourth-order valence-corrected chi connectivity index (χ4v) is 5.33. The van der Waals surface area contributed by atoms with E-state index >= 15 is 0 Å². The molecule has 3 N–H and O–H groups in total. The van der Waals surface area contributed by atoms with Crippen molar-refractivity contribution in [1.82, 2.24) is 5.32 Å². The van der Waals surface area contributed by atoms with Crippen LogP contribution < -0.4 is 11.1 Å². The van der Waals surface area contributed by atoms with Gasteiger partial charge in [0.2, 0.25) is 0 Å². The number of rotatable bonds is 14. The third-order valence-electron chi connectivity index (χ3n) is 7.23. The molecule has 1 heterocycles. The van der Waals surface area contributed by atoms with Crippen molar-refractivity contribution < 1.29 is 28.5 Å². The van der Waals surface area contributed by atoms with E-state index in [4.69, 9.17) is 36.3 Å². The van der Waals surface area contributed by atoms with E-state index in [2.05, 4.69) is 5.32 Å². The lowest BCUT2D eigenvalue weighted by Crippen LogP contribution is -2.35. The number of benzene rings is 1. The molecule has 0 aromatic heterocycles. The fourth-order valence-electron chi connectivity index (χ4n) is 5.09. The Bertz CT molecular complexity index is 1030. The van der Waals surface area contributed by atoms with Gasteiger partial charge in [-0.3, -0.25) is 0 Å². The summed E-state index contributed by atoms with van der Waals surface area (Å²) in [6.45, 7) is 3.85. The van der Waals surface area contributed by atoms with Crippen molar-refractivity contribution in [2.45, 2.75) is 38.5 Å². The lowest BCUT2D eigenvalue weighted by atomic mass is 9.80. The molecular weight excluding hydrogens is 496 g/mol. The van der Waals surface area contributed by atoms with Crippen LogP contribution in [0.1, 0.15) is 44.1 Å². The third-order valence-corrected chi connectivity index (χ3v) is 7.57. The van der Waals surface area contributed by atoms with Gasteiger partial charge in [-0.2, -0.15) is 0 Å². The van der Waals surface area contributed by atoms with Gasteiger partial charge in [0.05, 0.1) is 62.9 Å². The first-order valence-electron chi connectivity index (χ1n) is 13.0. The molecule has 1 aliphatic heterocycles. The minimum Gasteiger partial charge on any atom is -0.466 e. The summed E-state index contributed by atoms with van der Waals surface area (Å²) in [5.74, 6) is -0.0943. The predicted molar refractivity (Wildman–Crippen MR) is 140 cm³/mol. The van der Waals surface area contributed by atoms with Crippen LogP contribution >= 0.6 is 11.6 Å². The number of dihydropyridines is 1. The number of carbonyl (C=O) groups is 2. The van der Waals surface area contributed by atoms with Gasteiger partial charge in [-0.05, 0) is 62.0 Å². The second-order valence-corrected chi connectivity index (χ2v) is 10.3. The second-order valence-electron chi connectivity index (χ2n) is 9.89. The highest BCUT2D eigenvalue weighted by molar-refractivity contribution is 6.31. The van der Waals surface area contributed by atoms with Crippen LogP contribution in [-0.4, -0.2) is 58.6 Å². The normalized spacial score (nSPS) is 19.8. The minimum absolute atomic E-state index is 0.109. The monoisotopic (exact) mass is 532 g/mol. The van der Waals surface area contributed by atoms with Gasteiger partial charge in [0.1, 0.15) is 0 Å². The molecule has 4 rings (SSSR count). The predicted octanol–water partition coefficient (Wildman–Crippen LogP) is 3.70. The zero-order chi connectivity index (χ0) is 26.4. The lowest BCUT2D eigenvalue weighted by Gasteiger charge is -2.32. The Balaban J connectivity index is 1.64. The molecule has 37 heavy (non-hydrogen) atoms. The summed E-state index contributed by atoms with van der Waals surface area (Å²) in [5, 5.41) is 3.66. The topological polar surface area (TPSA) is 109 Å². The summed E-state index contributed by atoms with van der Waals surface area (Å²) in [4.78, 5) is 26.8. The Hall–Kier alpha value is -2.39. The average molecular weight is 533 g/mol. The third kappa shape index (κ3) is 6.93. The van der Waals surface area contributed by atoms with Gasteiger partial charge < -0.3 is 30.0 Å². The number of hydrogen-bond donors (Lipinski definition) is 2. The molecule has 1 aromatic rings. The molecule has 0 spiro atoms. The van der Waals surface area contributed by atoms with Crippen LogP contribution in [0.2, 0.25) is 5.02 Å². The van der Waals surface area contributed by atoms with Gasteiger partial charge in [0.25, 0.3) is 0 Å². The summed E-state index contributed by atoms with van der Waals surface area (Å²) in [5.41, 5.74) is 7.83. The second kappa shape index (κ2) is 12.9. The van der Waals surface area contributed by atoms with Crippen LogP contribution in [0.3, 0.4) is 0 Å². The van der Waals surface area contributed by atoms with Gasteiger partial charge in [-0.1, -0.05) is 29.8 Å². The van der Waals surface area contributed by atoms with Crippen molar-refractivity contribution in [1.29, 1.82) is 0 Å². The SMILES string of the molecule is COC(=O)C1=C(C)NC(COCCOCCN)=C(C(=O)OCC(C2CC2)C2CC2)[C@@H]1c1ccccc1Cl. The number of ether oxygens (including phenoxy) is 4. The number of carbonyl (C=O) groups excluding carboxylic acids is 2. The minimum atomic E-state index is -0.762. The molecule has 2 aliphatic carbocycles. The van der Waals surface area contributed by atoms with Gasteiger partial charge in [-0.25, -0.2) is 9.59 Å². The molecule has 0 bridgehead atoms. The number of nitrogens with two attached hydrogens (primary N) is 1. The maximum absolute atomic E-state index is 13.8. The van der Waals surface area contributed by atoms with Gasteiger partial charge in [0.15, 0.2) is 0 Å². The van der Waals surface area contributed by atoms with Crippen molar-refractivity contribution in [3.05, 3.63) is 57.4 Å². The Labute approximate surface area is 223 Å². The van der Waals surface area contributed by atoms with E-state index in [9.17, 15) is 9.59 Å². The molecule has 0 amide bonds. The van der Waals surface area contributed by atoms with Crippen molar-refractivity contribution in [2.75, 3.05) is 46.7 Å². The van der Waals surface area contributed by atoms with E-state index in [-0.39, 0.29) is 6.61 Å². The molecule has 8 nitrogen and oxygen atoms in total. The van der Waals surface area contributed by atoms with E-state index in [0.717, 1.165) is 0 Å². The van der Waals surface area contributed by atoms with Crippen LogP contribution in [0.15, 0.2) is 46.8 Å². The molecule has 0 unspecified atom stereocenters. The van der Waals surface area contributed by atoms with Crippen LogP contribution in [0, 0.1) is 17.8 Å². The molecular formula is C28H37ClN2O6. The van der Waals surface area contributed by atoms with E-state index in [1.807, 2.05) is 18.2 Å². The first-order chi connectivity index (χ1) is 18.0. The number of esters is 2. The Morgan fingerprint density at radius 2 is 1.70 bits per heavy atom. The number of allylic oxidation sites excluding steroid dienone is 1. The molecule has 2 fully saturated rings. The Morgan fingerprint density at radius 3 is 2.32 bits per heavy atom. The van der Waals surface area contributed by atoms with E-state index < -0.39 is 17.9 Å². The molecule has 0 radical (unpaired) electrons. The zero-order valence-corrected chi connectivity index (χ0v) is 22.4. The summed E-state index contributed by atoms with van der Waals surface area (Å²) in [6, 6.07) is 7.20. The van der Waals surface area contributed by atoms with Gasteiger partial charge in [0, 0.05) is 17.3 Å². The van der Waals surface area contributed by atoms with Gasteiger partial charge >= 0.3 is 11.9 Å². The van der Waals surface area contributed by atoms with Crippen molar-refractivity contribution in [3.8, 4) is 0 Å². The molecule has 1 atom stereocenters. The highest BCUT2D eigenvalue weighted by Gasteiger charge is 2.44. The maximum atomic E-state index is 13.8. The molecule has 9 heteroatoms. The standard InChI is InChI=1S/C28H37ClN2O6/c1-17-24(27(32)34-2)25(20-5-3-4-6-22(20)29)26(23(31-17)16-36-14-13-35-12-11-30)28(33)37-15-21(18-7-8-18)19-9-10-19/h3-6,18-19,21,25,31H,7-16,30H2,1-2H3/t25-/m1/s1. The molecule has 0 saturated heterocycles. The number of nitrogens with one attached hydrogen (secondary N) is 1. The van der Waals surface area contributed by atoms with Gasteiger partial charge in [-0.15, -0.1) is 0 Å². The van der Waals surface area contributed by atoms with E-state index in [1.54, 1.807) is 13.0 Å². The summed E-state index contributed by atoms with van der Waals surface area (Å²) >= 11 is 6.61. The molecule has 2 saturated carbocycles. The highest BCUT2D eigenvalue weighted by Crippen LogP contribution is 2.49. The average Bonchev–Trinajstić information content (AvgIpc) is 3.81. The molecule has 202 valence electrons. The quantitative estimate of drug-likeness (QED) is 0.276. The summed E-state index contributed by atoms with van der Waals surface area (Å²) < 4.78 is 22.3. The molecule has 1 aromatic carbocycles. The number of hydrogen-bond acceptors (Lipinski definition) is 8. The van der Waals surface area contributed by atoms with Crippen LogP contribution in [0.4, 0.5) is 0 Å². The van der Waals surface area contributed by atoms with Crippen LogP contribution in [0.25, 0.3) is 0 Å². The van der Waals surface area contributed by atoms with Crippen LogP contribution in [-0.2, 0) is 28.5 Å². The maximum Gasteiger partial charge on any atom is 0.336 e. The zero-order valence-electron chi connectivity index (χ0n) is 21.6. The summed E-state index contributed by atoms with van der Waals surface area (Å²) in [6.07, 6.45) is 4.80. The first-order valence-corrected chi connectivity index (χ1v) is 13.4. The first kappa shape index (κ1) is 27.6. The van der Waals surface area contributed by atoms with Crippen molar-refractivity contribution in [2.24, 2.45) is 23.5 Å². The Morgan fingerprint density at radius 1 is 1.03 bits per heavy atom. The van der Waals surface area contributed by atoms with E-state index in [1.165, 1.54) is 32.8 Å². The Kier molecular flexibility index (Phi) is 9.65. The van der Waals surface area contributed by atoms with E-state index in [0.29, 0.717) is 83.9 Å². The number of methoxy groups -OCH3 is 1. The van der Waals surface area contributed by atoms with Crippen LogP contribution in [0.5, 0.6) is 0 Å². The van der Waals surface area contributed by atoms with Crippen molar-refractivity contribution in [3.63, 3.8) is 0 Å².